The molecule has 4 heteroatoms. The highest BCUT2D eigenvalue weighted by molar-refractivity contribution is 7.13. The van der Waals surface area contributed by atoms with Crippen molar-refractivity contribution in [3.05, 3.63) is 87.4 Å². The molecule has 0 aliphatic heterocycles. The number of rotatable bonds is 6. The van der Waals surface area contributed by atoms with E-state index in [0.717, 1.165) is 27.3 Å². The molecule has 3 nitrogen and oxygen atoms in total. The molecule has 128 valence electrons. The van der Waals surface area contributed by atoms with Crippen LogP contribution in [0.5, 0.6) is 0 Å². The van der Waals surface area contributed by atoms with Crippen LogP contribution in [0.1, 0.15) is 38.2 Å². The van der Waals surface area contributed by atoms with Gasteiger partial charge >= 0.3 is 0 Å². The first-order chi connectivity index (χ1) is 12.2. The Labute approximate surface area is 153 Å². The minimum absolute atomic E-state index is 0.0709. The Kier molecular flexibility index (Phi) is 5.61. The summed E-state index contributed by atoms with van der Waals surface area (Å²) in [5.74, 6) is 0.0709. The highest BCUT2D eigenvalue weighted by Crippen LogP contribution is 2.20. The van der Waals surface area contributed by atoms with E-state index in [0.29, 0.717) is 13.1 Å². The fraction of sp³-hybridized carbons (Fsp3) is 0.238. The van der Waals surface area contributed by atoms with E-state index in [4.69, 9.17) is 0 Å². The summed E-state index contributed by atoms with van der Waals surface area (Å²) in [5.41, 5.74) is 3.49. The van der Waals surface area contributed by atoms with Crippen molar-refractivity contribution < 1.29 is 4.79 Å². The molecule has 1 amide bonds. The zero-order valence-electron chi connectivity index (χ0n) is 14.6. The Morgan fingerprint density at radius 1 is 1.00 bits per heavy atom. The fourth-order valence-electron chi connectivity index (χ4n) is 2.72. The molecule has 3 aromatic rings. The highest BCUT2D eigenvalue weighted by Gasteiger charge is 2.18. The third-order valence-electron chi connectivity index (χ3n) is 4.14. The van der Waals surface area contributed by atoms with Crippen LogP contribution < -0.4 is 0 Å². The number of pyridine rings is 1. The number of nitrogens with zero attached hydrogens (tertiary/aromatic N) is 2. The Bertz CT molecular complexity index is 825. The van der Waals surface area contributed by atoms with Crippen molar-refractivity contribution in [3.8, 4) is 0 Å². The first-order valence-corrected chi connectivity index (χ1v) is 9.30. The zero-order valence-corrected chi connectivity index (χ0v) is 15.4. The Hall–Kier alpha value is -2.46. The molecule has 2 heterocycles. The van der Waals surface area contributed by atoms with Gasteiger partial charge < -0.3 is 4.90 Å². The average molecular weight is 350 g/mol. The number of aromatic nitrogens is 1. The summed E-state index contributed by atoms with van der Waals surface area (Å²) in [6.45, 7) is 5.32. The minimum atomic E-state index is 0.0709. The predicted molar refractivity (Wildman–Crippen MR) is 103 cm³/mol. The molecule has 25 heavy (non-hydrogen) atoms. The lowest BCUT2D eigenvalue weighted by Gasteiger charge is -2.22. The predicted octanol–water partition coefficient (Wildman–Crippen LogP) is 4.86. The third kappa shape index (κ3) is 4.54. The lowest BCUT2D eigenvalue weighted by Crippen LogP contribution is -2.29. The molecule has 0 atom stereocenters. The Morgan fingerprint density at radius 2 is 1.72 bits per heavy atom. The summed E-state index contributed by atoms with van der Waals surface area (Å²) in [7, 11) is 0. The topological polar surface area (TPSA) is 33.2 Å². The van der Waals surface area contributed by atoms with Crippen molar-refractivity contribution in [2.45, 2.75) is 33.4 Å². The van der Waals surface area contributed by atoms with E-state index in [9.17, 15) is 4.79 Å². The smallest absolute Gasteiger partial charge is 0.264 e. The van der Waals surface area contributed by atoms with Gasteiger partial charge in [0.1, 0.15) is 0 Å². The summed E-state index contributed by atoms with van der Waals surface area (Å²) in [4.78, 5) is 21.0. The molecule has 0 aliphatic rings. The van der Waals surface area contributed by atoms with Crippen LogP contribution in [-0.4, -0.2) is 15.8 Å². The van der Waals surface area contributed by atoms with Crippen LogP contribution in [0.2, 0.25) is 0 Å². The van der Waals surface area contributed by atoms with Crippen molar-refractivity contribution in [3.63, 3.8) is 0 Å². The van der Waals surface area contributed by atoms with E-state index in [1.165, 1.54) is 5.56 Å². The first kappa shape index (κ1) is 17.4. The molecule has 0 spiro atoms. The molecule has 0 bridgehead atoms. The first-order valence-electron chi connectivity index (χ1n) is 8.48. The van der Waals surface area contributed by atoms with E-state index >= 15 is 0 Å². The monoisotopic (exact) mass is 350 g/mol. The number of thiophene rings is 1. The molecular weight excluding hydrogens is 328 g/mol. The van der Waals surface area contributed by atoms with Crippen LogP contribution in [0.3, 0.4) is 0 Å². The van der Waals surface area contributed by atoms with Crippen LogP contribution in [0.25, 0.3) is 0 Å². The number of aryl methyl sites for hydroxylation is 2. The van der Waals surface area contributed by atoms with Crippen LogP contribution in [0, 0.1) is 6.92 Å². The fourth-order valence-corrected chi connectivity index (χ4v) is 3.55. The summed E-state index contributed by atoms with van der Waals surface area (Å²) in [5, 5.41) is 0. The van der Waals surface area contributed by atoms with Crippen molar-refractivity contribution in [2.75, 3.05) is 0 Å². The van der Waals surface area contributed by atoms with E-state index in [-0.39, 0.29) is 5.91 Å². The number of hydrogen-bond donors (Lipinski definition) is 0. The maximum Gasteiger partial charge on any atom is 0.264 e. The van der Waals surface area contributed by atoms with Gasteiger partial charge in [0.2, 0.25) is 0 Å². The second kappa shape index (κ2) is 8.08. The summed E-state index contributed by atoms with van der Waals surface area (Å²) >= 11 is 1.54. The van der Waals surface area contributed by atoms with Gasteiger partial charge in [0.05, 0.1) is 4.88 Å². The van der Waals surface area contributed by atoms with Gasteiger partial charge in [-0.3, -0.25) is 9.78 Å². The maximum atomic E-state index is 13.0. The van der Waals surface area contributed by atoms with Gasteiger partial charge in [-0.2, -0.15) is 0 Å². The van der Waals surface area contributed by atoms with E-state index in [1.54, 1.807) is 17.5 Å². The molecule has 0 N–H and O–H groups in total. The summed E-state index contributed by atoms with van der Waals surface area (Å²) < 4.78 is 0. The molecule has 0 aliphatic carbocycles. The molecule has 0 saturated carbocycles. The largest absolute Gasteiger partial charge is 0.329 e. The molecule has 0 fully saturated rings. The molecular formula is C21H22N2OS. The third-order valence-corrected chi connectivity index (χ3v) is 5.13. The van der Waals surface area contributed by atoms with Crippen molar-refractivity contribution in [1.29, 1.82) is 0 Å². The molecule has 0 radical (unpaired) electrons. The normalized spacial score (nSPS) is 10.6. The van der Waals surface area contributed by atoms with Crippen LogP contribution >= 0.6 is 11.3 Å². The van der Waals surface area contributed by atoms with Gasteiger partial charge in [-0.25, -0.2) is 0 Å². The van der Waals surface area contributed by atoms with E-state index < -0.39 is 0 Å². The van der Waals surface area contributed by atoms with Crippen molar-refractivity contribution in [2.24, 2.45) is 0 Å². The maximum absolute atomic E-state index is 13.0. The van der Waals surface area contributed by atoms with Gasteiger partial charge in [-0.1, -0.05) is 37.3 Å². The SMILES string of the molecule is CCc1ccc(CN(Cc2cccnc2)C(=O)c2ccc(C)s2)cc1. The second-order valence-electron chi connectivity index (χ2n) is 6.10. The number of benzene rings is 1. The number of hydrogen-bond acceptors (Lipinski definition) is 3. The summed E-state index contributed by atoms with van der Waals surface area (Å²) in [6.07, 6.45) is 4.59. The molecule has 1 aromatic carbocycles. The molecule has 2 aromatic heterocycles. The van der Waals surface area contributed by atoms with Gasteiger partial charge in [-0.15, -0.1) is 11.3 Å². The van der Waals surface area contributed by atoms with Crippen LogP contribution in [0.15, 0.2) is 60.9 Å². The van der Waals surface area contributed by atoms with Crippen molar-refractivity contribution in [1.82, 2.24) is 9.88 Å². The van der Waals surface area contributed by atoms with E-state index in [1.807, 2.05) is 42.3 Å². The van der Waals surface area contributed by atoms with Gasteiger partial charge in [0.15, 0.2) is 0 Å². The number of carbonyl (C=O) groups is 1. The highest BCUT2D eigenvalue weighted by atomic mass is 32.1. The summed E-state index contributed by atoms with van der Waals surface area (Å²) in [6, 6.07) is 16.3. The number of carbonyl (C=O) groups excluding carboxylic acids is 1. The minimum Gasteiger partial charge on any atom is -0.329 e. The quantitative estimate of drug-likeness (QED) is 0.636. The molecule has 0 unspecified atom stereocenters. The van der Waals surface area contributed by atoms with Crippen molar-refractivity contribution >= 4 is 17.2 Å². The van der Waals surface area contributed by atoms with Crippen LogP contribution in [0.4, 0.5) is 0 Å². The second-order valence-corrected chi connectivity index (χ2v) is 7.39. The Morgan fingerprint density at radius 3 is 2.32 bits per heavy atom. The van der Waals surface area contributed by atoms with Gasteiger partial charge in [-0.05, 0) is 48.2 Å². The Balaban J connectivity index is 1.83. The molecule has 3 rings (SSSR count). The lowest BCUT2D eigenvalue weighted by molar-refractivity contribution is 0.0735. The molecule has 0 saturated heterocycles. The van der Waals surface area contributed by atoms with Gasteiger partial charge in [0.25, 0.3) is 5.91 Å². The zero-order chi connectivity index (χ0) is 17.6. The number of amides is 1. The van der Waals surface area contributed by atoms with E-state index in [2.05, 4.69) is 36.2 Å². The van der Waals surface area contributed by atoms with Crippen LogP contribution in [-0.2, 0) is 19.5 Å². The lowest BCUT2D eigenvalue weighted by atomic mass is 10.1. The van der Waals surface area contributed by atoms with Gasteiger partial charge in [0, 0.05) is 30.4 Å². The standard InChI is InChI=1S/C21H22N2OS/c1-3-17-7-9-18(10-8-17)14-23(15-19-5-4-12-22-13-19)21(24)20-11-6-16(2)25-20/h4-13H,3,14-15H2,1-2H3. The average Bonchev–Trinajstić information content (AvgIpc) is 3.08.